The Bertz CT molecular complexity index is 798. The summed E-state index contributed by atoms with van der Waals surface area (Å²) in [5.74, 6) is -5.51. The number of hydrogen-bond acceptors (Lipinski definition) is 6. The van der Waals surface area contributed by atoms with Crippen LogP contribution in [0.4, 0.5) is 0 Å². The number of carbonyl (C=O) groups excluding carboxylic acids is 3. The number of carboxylic acid groups (broad SMARTS) is 2. The van der Waals surface area contributed by atoms with E-state index in [1.54, 1.807) is 44.2 Å². The highest BCUT2D eigenvalue weighted by Crippen LogP contribution is 2.06. The third-order valence-electron chi connectivity index (χ3n) is 4.36. The minimum atomic E-state index is -1.54. The number of carboxylic acids is 2. The zero-order chi connectivity index (χ0) is 23.6. The number of hydrogen-bond donors (Lipinski definition) is 6. The summed E-state index contributed by atoms with van der Waals surface area (Å²) >= 11 is 0. The average molecular weight is 436 g/mol. The van der Waals surface area contributed by atoms with E-state index in [-0.39, 0.29) is 13.0 Å². The predicted octanol–water partition coefficient (Wildman–Crippen LogP) is -1.14. The molecule has 11 heteroatoms. The van der Waals surface area contributed by atoms with Gasteiger partial charge in [0.2, 0.25) is 17.7 Å². The van der Waals surface area contributed by atoms with E-state index in [0.717, 1.165) is 0 Å². The minimum Gasteiger partial charge on any atom is -0.481 e. The maximum Gasteiger partial charge on any atom is 0.326 e. The van der Waals surface area contributed by atoms with Crippen LogP contribution in [-0.2, 0) is 30.4 Å². The van der Waals surface area contributed by atoms with Gasteiger partial charge in [-0.25, -0.2) is 4.79 Å². The van der Waals surface area contributed by atoms with Gasteiger partial charge < -0.3 is 31.9 Å². The molecule has 1 aromatic carbocycles. The highest BCUT2D eigenvalue weighted by molar-refractivity contribution is 5.95. The van der Waals surface area contributed by atoms with Crippen molar-refractivity contribution < 1.29 is 34.2 Å². The summed E-state index contributed by atoms with van der Waals surface area (Å²) in [6.45, 7) is 2.77. The molecule has 31 heavy (non-hydrogen) atoms. The fourth-order valence-electron chi connectivity index (χ4n) is 2.74. The third-order valence-corrected chi connectivity index (χ3v) is 4.36. The molecule has 0 radical (unpaired) electrons. The van der Waals surface area contributed by atoms with Crippen molar-refractivity contribution in [2.45, 2.75) is 44.8 Å². The van der Waals surface area contributed by atoms with Crippen molar-refractivity contribution in [3.05, 3.63) is 35.9 Å². The van der Waals surface area contributed by atoms with Gasteiger partial charge in [0.25, 0.3) is 0 Å². The van der Waals surface area contributed by atoms with Gasteiger partial charge in [0.15, 0.2) is 0 Å². The number of nitrogens with two attached hydrogens (primary N) is 1. The van der Waals surface area contributed by atoms with Gasteiger partial charge in [0, 0.05) is 6.42 Å². The molecule has 7 N–H and O–H groups in total. The molecular formula is C20H28N4O7. The van der Waals surface area contributed by atoms with Crippen LogP contribution < -0.4 is 21.7 Å². The highest BCUT2D eigenvalue weighted by atomic mass is 16.4. The Morgan fingerprint density at radius 2 is 1.48 bits per heavy atom. The zero-order valence-corrected chi connectivity index (χ0v) is 17.3. The van der Waals surface area contributed by atoms with Crippen LogP contribution in [0.15, 0.2) is 30.3 Å². The lowest BCUT2D eigenvalue weighted by atomic mass is 10.0. The van der Waals surface area contributed by atoms with Crippen molar-refractivity contribution in [1.29, 1.82) is 0 Å². The summed E-state index contributed by atoms with van der Waals surface area (Å²) in [6.07, 6.45) is -0.700. The average Bonchev–Trinajstić information content (AvgIpc) is 2.70. The van der Waals surface area contributed by atoms with E-state index in [1.165, 1.54) is 0 Å². The van der Waals surface area contributed by atoms with Gasteiger partial charge in [0.05, 0.1) is 13.0 Å². The summed E-state index contributed by atoms with van der Waals surface area (Å²) < 4.78 is 0. The highest BCUT2D eigenvalue weighted by Gasteiger charge is 2.32. The molecule has 0 aromatic heterocycles. The Labute approximate surface area is 179 Å². The number of amides is 3. The van der Waals surface area contributed by atoms with E-state index in [4.69, 9.17) is 10.8 Å². The molecule has 0 heterocycles. The van der Waals surface area contributed by atoms with Crippen LogP contribution in [0, 0.1) is 5.92 Å². The maximum absolute atomic E-state index is 12.8. The van der Waals surface area contributed by atoms with Crippen molar-refractivity contribution in [2.24, 2.45) is 11.7 Å². The van der Waals surface area contributed by atoms with Crippen LogP contribution >= 0.6 is 0 Å². The monoisotopic (exact) mass is 436 g/mol. The molecular weight excluding hydrogens is 408 g/mol. The van der Waals surface area contributed by atoms with E-state index < -0.39 is 60.1 Å². The Hall–Kier alpha value is -3.47. The quantitative estimate of drug-likeness (QED) is 0.237. The Balaban J connectivity index is 3.03. The third kappa shape index (κ3) is 8.83. The number of benzene rings is 1. The van der Waals surface area contributed by atoms with Gasteiger partial charge in [-0.05, 0) is 11.5 Å². The molecule has 0 saturated carbocycles. The molecule has 11 nitrogen and oxygen atoms in total. The van der Waals surface area contributed by atoms with Gasteiger partial charge in [-0.3, -0.25) is 19.2 Å². The second-order valence-electron chi connectivity index (χ2n) is 7.24. The zero-order valence-electron chi connectivity index (χ0n) is 17.3. The SMILES string of the molecule is CC(C)C(NC(=O)C(CC(=O)O)NC(=O)C(Cc1ccccc1)NC(=O)CN)C(=O)O. The molecule has 0 spiro atoms. The molecule has 0 saturated heterocycles. The molecule has 3 atom stereocenters. The summed E-state index contributed by atoms with van der Waals surface area (Å²) in [6, 6.07) is 4.80. The Morgan fingerprint density at radius 1 is 0.903 bits per heavy atom. The standard InChI is InChI=1S/C20H28N4O7/c1-11(2)17(20(30)31)24-19(29)14(9-16(26)27)23-18(28)13(22-15(25)10-21)8-12-6-4-3-5-7-12/h3-7,11,13-14,17H,8-10,21H2,1-2H3,(H,22,25)(H,23,28)(H,24,29)(H,26,27)(H,30,31). The topological polar surface area (TPSA) is 188 Å². The largest absolute Gasteiger partial charge is 0.481 e. The number of rotatable bonds is 12. The number of carbonyl (C=O) groups is 5. The maximum atomic E-state index is 12.8. The summed E-state index contributed by atoms with van der Waals surface area (Å²) in [5, 5.41) is 25.3. The van der Waals surface area contributed by atoms with Gasteiger partial charge in [-0.15, -0.1) is 0 Å². The molecule has 3 amide bonds. The van der Waals surface area contributed by atoms with E-state index in [0.29, 0.717) is 5.56 Å². The van der Waals surface area contributed by atoms with Crippen LogP contribution in [0.2, 0.25) is 0 Å². The predicted molar refractivity (Wildman–Crippen MR) is 110 cm³/mol. The second kappa shape index (κ2) is 12.3. The first-order valence-electron chi connectivity index (χ1n) is 9.63. The molecule has 1 rings (SSSR count). The summed E-state index contributed by atoms with van der Waals surface area (Å²) in [4.78, 5) is 59.6. The molecule has 1 aromatic rings. The summed E-state index contributed by atoms with van der Waals surface area (Å²) in [7, 11) is 0. The fraction of sp³-hybridized carbons (Fsp3) is 0.450. The minimum absolute atomic E-state index is 0.0730. The van der Waals surface area contributed by atoms with E-state index in [2.05, 4.69) is 16.0 Å². The van der Waals surface area contributed by atoms with Crippen LogP contribution in [-0.4, -0.2) is 64.5 Å². The Kier molecular flexibility index (Phi) is 10.1. The number of aliphatic carboxylic acids is 2. The summed E-state index contributed by atoms with van der Waals surface area (Å²) in [5.41, 5.74) is 6.01. The lowest BCUT2D eigenvalue weighted by molar-refractivity contribution is -0.144. The Morgan fingerprint density at radius 3 is 1.97 bits per heavy atom. The fourth-order valence-corrected chi connectivity index (χ4v) is 2.74. The van der Waals surface area contributed by atoms with Crippen LogP contribution in [0.3, 0.4) is 0 Å². The van der Waals surface area contributed by atoms with E-state index >= 15 is 0 Å². The van der Waals surface area contributed by atoms with Gasteiger partial charge in [0.1, 0.15) is 18.1 Å². The van der Waals surface area contributed by atoms with Crippen molar-refractivity contribution in [3.8, 4) is 0 Å². The number of nitrogens with one attached hydrogen (secondary N) is 3. The smallest absolute Gasteiger partial charge is 0.326 e. The van der Waals surface area contributed by atoms with E-state index in [9.17, 15) is 29.1 Å². The van der Waals surface area contributed by atoms with Gasteiger partial charge >= 0.3 is 11.9 Å². The molecule has 0 fully saturated rings. The van der Waals surface area contributed by atoms with Crippen molar-refractivity contribution in [3.63, 3.8) is 0 Å². The van der Waals surface area contributed by atoms with Crippen molar-refractivity contribution >= 4 is 29.7 Å². The normalized spacial score (nSPS) is 13.5. The van der Waals surface area contributed by atoms with Crippen LogP contribution in [0.25, 0.3) is 0 Å². The van der Waals surface area contributed by atoms with E-state index in [1.807, 2.05) is 0 Å². The van der Waals surface area contributed by atoms with Gasteiger partial charge in [-0.1, -0.05) is 44.2 Å². The first kappa shape index (κ1) is 25.6. The first-order valence-corrected chi connectivity index (χ1v) is 9.63. The molecule has 0 aliphatic heterocycles. The second-order valence-corrected chi connectivity index (χ2v) is 7.24. The molecule has 0 aliphatic carbocycles. The van der Waals surface area contributed by atoms with Crippen molar-refractivity contribution in [1.82, 2.24) is 16.0 Å². The lowest BCUT2D eigenvalue weighted by Crippen LogP contribution is -2.57. The van der Waals surface area contributed by atoms with Gasteiger partial charge in [-0.2, -0.15) is 0 Å². The van der Waals surface area contributed by atoms with Crippen LogP contribution in [0.5, 0.6) is 0 Å². The molecule has 170 valence electrons. The lowest BCUT2D eigenvalue weighted by Gasteiger charge is -2.24. The molecule has 3 unspecified atom stereocenters. The molecule has 0 aliphatic rings. The first-order chi connectivity index (χ1) is 14.5. The molecule has 0 bridgehead atoms. The van der Waals surface area contributed by atoms with Crippen molar-refractivity contribution in [2.75, 3.05) is 6.54 Å². The van der Waals surface area contributed by atoms with Crippen LogP contribution in [0.1, 0.15) is 25.8 Å².